The van der Waals surface area contributed by atoms with Crippen molar-refractivity contribution in [1.29, 1.82) is 0 Å². The first-order chi connectivity index (χ1) is 19.7. The summed E-state index contributed by atoms with van der Waals surface area (Å²) in [6.45, 7) is 3.91. The maximum Gasteiger partial charge on any atom is 0.255 e. The summed E-state index contributed by atoms with van der Waals surface area (Å²) >= 11 is 0. The van der Waals surface area contributed by atoms with Crippen LogP contribution in [-0.4, -0.2) is 18.4 Å². The normalized spacial score (nSPS) is 10.8. The van der Waals surface area contributed by atoms with E-state index < -0.39 is 0 Å². The number of hydrogen-bond donors (Lipinski definition) is 3. The highest BCUT2D eigenvalue weighted by atomic mass is 16.6. The first-order valence-electron chi connectivity index (χ1n) is 14.8. The van der Waals surface area contributed by atoms with Crippen LogP contribution in [0, 0.1) is 0 Å². The van der Waals surface area contributed by atoms with Crippen LogP contribution in [0.4, 0.5) is 5.69 Å². The third-order valence-electron chi connectivity index (χ3n) is 6.90. The monoisotopic (exact) mass is 543 g/mol. The summed E-state index contributed by atoms with van der Waals surface area (Å²) in [5.41, 5.74) is 7.02. The Bertz CT molecular complexity index is 1120. The molecule has 0 aliphatic heterocycles. The van der Waals surface area contributed by atoms with Gasteiger partial charge in [0.15, 0.2) is 0 Å². The smallest absolute Gasteiger partial charge is 0.255 e. The Hall–Kier alpha value is -3.48. The lowest BCUT2D eigenvalue weighted by molar-refractivity contribution is 0.0235. The zero-order valence-electron chi connectivity index (χ0n) is 23.9. The van der Waals surface area contributed by atoms with Gasteiger partial charge >= 0.3 is 0 Å². The average Bonchev–Trinajstić information content (AvgIpc) is 2.99. The molecule has 0 aromatic heterocycles. The van der Waals surface area contributed by atoms with Gasteiger partial charge in [0, 0.05) is 29.9 Å². The second-order valence-electron chi connectivity index (χ2n) is 10.3. The fourth-order valence-electron chi connectivity index (χ4n) is 4.44. The van der Waals surface area contributed by atoms with Crippen molar-refractivity contribution in [2.75, 3.05) is 11.9 Å². The van der Waals surface area contributed by atoms with E-state index in [4.69, 9.17) is 4.84 Å². The molecule has 0 saturated heterocycles. The summed E-state index contributed by atoms with van der Waals surface area (Å²) in [6.07, 6.45) is 12.9. The second kappa shape index (κ2) is 18.7. The molecule has 40 heavy (non-hydrogen) atoms. The number of amides is 2. The molecule has 0 unspecified atom stereocenters. The highest BCUT2D eigenvalue weighted by molar-refractivity contribution is 6.04. The molecule has 0 atom stereocenters. The van der Waals surface area contributed by atoms with E-state index in [1.165, 1.54) is 57.8 Å². The van der Waals surface area contributed by atoms with Gasteiger partial charge in [0.2, 0.25) is 0 Å². The van der Waals surface area contributed by atoms with Crippen LogP contribution in [0.2, 0.25) is 0 Å². The van der Waals surface area contributed by atoms with Crippen LogP contribution in [0.25, 0.3) is 0 Å². The molecule has 0 spiro atoms. The van der Waals surface area contributed by atoms with Gasteiger partial charge in [-0.05, 0) is 53.9 Å². The number of unbranched alkanes of at least 4 members (excludes halogenated alkanes) is 9. The zero-order chi connectivity index (χ0) is 28.3. The Morgan fingerprint density at radius 2 is 1.20 bits per heavy atom. The second-order valence-corrected chi connectivity index (χ2v) is 10.3. The van der Waals surface area contributed by atoms with Crippen LogP contribution in [0.15, 0.2) is 78.9 Å². The molecule has 0 aliphatic carbocycles. The molecule has 3 aromatic rings. The Balaban J connectivity index is 1.24. The largest absolute Gasteiger partial charge is 0.352 e. The van der Waals surface area contributed by atoms with Crippen molar-refractivity contribution in [3.63, 3.8) is 0 Å². The Morgan fingerprint density at radius 3 is 1.85 bits per heavy atom. The standard InChI is InChI=1S/C34H45N3O3/c1-2-3-4-5-6-7-8-9-10-14-25-35-33(38)31-21-17-28(18-22-31)26-36-40-27-29-19-23-32(24-20-29)37-34(39)30-15-12-11-13-16-30/h11-13,15-24,36H,2-10,14,25-27H2,1H3,(H,35,38)(H,37,39). The van der Waals surface area contributed by atoms with Gasteiger partial charge < -0.3 is 10.6 Å². The van der Waals surface area contributed by atoms with Crippen LogP contribution in [0.5, 0.6) is 0 Å². The van der Waals surface area contributed by atoms with E-state index >= 15 is 0 Å². The Labute approximate surface area is 239 Å². The number of benzene rings is 3. The quantitative estimate of drug-likeness (QED) is 0.106. The van der Waals surface area contributed by atoms with Gasteiger partial charge in [0.05, 0.1) is 6.61 Å². The number of hydrogen-bond acceptors (Lipinski definition) is 4. The topological polar surface area (TPSA) is 79.5 Å². The maximum atomic E-state index is 12.4. The maximum absolute atomic E-state index is 12.4. The minimum atomic E-state index is -0.135. The fourth-order valence-corrected chi connectivity index (χ4v) is 4.44. The molecule has 3 rings (SSSR count). The van der Waals surface area contributed by atoms with E-state index in [1.807, 2.05) is 66.7 Å². The third kappa shape index (κ3) is 12.1. The number of hydroxylamine groups is 1. The van der Waals surface area contributed by atoms with E-state index in [9.17, 15) is 9.59 Å². The average molecular weight is 544 g/mol. The molecule has 0 aliphatic rings. The highest BCUT2D eigenvalue weighted by Crippen LogP contribution is 2.13. The predicted molar refractivity (Wildman–Crippen MR) is 163 cm³/mol. The molecule has 0 heterocycles. The van der Waals surface area contributed by atoms with Crippen LogP contribution < -0.4 is 16.1 Å². The van der Waals surface area contributed by atoms with Crippen molar-refractivity contribution in [3.05, 3.63) is 101 Å². The van der Waals surface area contributed by atoms with Crippen molar-refractivity contribution in [2.24, 2.45) is 0 Å². The number of nitrogens with one attached hydrogen (secondary N) is 3. The van der Waals surface area contributed by atoms with Crippen LogP contribution in [-0.2, 0) is 18.0 Å². The van der Waals surface area contributed by atoms with Crippen LogP contribution in [0.1, 0.15) is 103 Å². The molecule has 6 nitrogen and oxygen atoms in total. The molecule has 3 N–H and O–H groups in total. The molecule has 3 aromatic carbocycles. The molecule has 0 fully saturated rings. The molecular formula is C34H45N3O3. The zero-order valence-corrected chi connectivity index (χ0v) is 23.9. The van der Waals surface area contributed by atoms with Crippen molar-refractivity contribution < 1.29 is 14.4 Å². The number of carbonyl (C=O) groups excluding carboxylic acids is 2. The van der Waals surface area contributed by atoms with Gasteiger partial charge in [0.25, 0.3) is 11.8 Å². The van der Waals surface area contributed by atoms with E-state index in [-0.39, 0.29) is 11.8 Å². The number of anilines is 1. The first-order valence-corrected chi connectivity index (χ1v) is 14.8. The predicted octanol–water partition coefficient (Wildman–Crippen LogP) is 7.81. The van der Waals surface area contributed by atoms with Crippen molar-refractivity contribution in [3.8, 4) is 0 Å². The van der Waals surface area contributed by atoms with E-state index in [0.717, 1.165) is 29.8 Å². The Morgan fingerprint density at radius 1 is 0.625 bits per heavy atom. The molecule has 0 saturated carbocycles. The van der Waals surface area contributed by atoms with Gasteiger partial charge in [-0.25, -0.2) is 0 Å². The highest BCUT2D eigenvalue weighted by Gasteiger charge is 2.06. The van der Waals surface area contributed by atoms with Gasteiger partial charge in [-0.2, -0.15) is 5.48 Å². The fraction of sp³-hybridized carbons (Fsp3) is 0.412. The lowest BCUT2D eigenvalue weighted by atomic mass is 10.1. The van der Waals surface area contributed by atoms with Crippen molar-refractivity contribution in [1.82, 2.24) is 10.8 Å². The van der Waals surface area contributed by atoms with Gasteiger partial charge in [-0.15, -0.1) is 0 Å². The number of carbonyl (C=O) groups is 2. The van der Waals surface area contributed by atoms with Gasteiger partial charge in [0.1, 0.15) is 0 Å². The van der Waals surface area contributed by atoms with Crippen LogP contribution in [0.3, 0.4) is 0 Å². The summed E-state index contributed by atoms with van der Waals surface area (Å²) in [5.74, 6) is -0.154. The molecule has 0 bridgehead atoms. The molecule has 2 amide bonds. The third-order valence-corrected chi connectivity index (χ3v) is 6.90. The van der Waals surface area contributed by atoms with Gasteiger partial charge in [-0.3, -0.25) is 14.4 Å². The molecular weight excluding hydrogens is 498 g/mol. The van der Waals surface area contributed by atoms with Crippen LogP contribution >= 0.6 is 0 Å². The van der Waals surface area contributed by atoms with E-state index in [0.29, 0.717) is 24.3 Å². The molecule has 0 radical (unpaired) electrons. The molecule has 214 valence electrons. The SMILES string of the molecule is CCCCCCCCCCCCNC(=O)c1ccc(CNOCc2ccc(NC(=O)c3ccccc3)cc2)cc1. The summed E-state index contributed by atoms with van der Waals surface area (Å²) in [6, 6.07) is 24.3. The minimum absolute atomic E-state index is 0.0184. The summed E-state index contributed by atoms with van der Waals surface area (Å²) in [5, 5.41) is 5.93. The lowest BCUT2D eigenvalue weighted by Gasteiger charge is -2.09. The number of rotatable bonds is 19. The summed E-state index contributed by atoms with van der Waals surface area (Å²) in [4.78, 5) is 30.3. The molecule has 6 heteroatoms. The van der Waals surface area contributed by atoms with Gasteiger partial charge in [-0.1, -0.05) is 107 Å². The minimum Gasteiger partial charge on any atom is -0.352 e. The van der Waals surface area contributed by atoms with Crippen molar-refractivity contribution in [2.45, 2.75) is 84.3 Å². The Kier molecular flexibility index (Phi) is 14.6. The summed E-state index contributed by atoms with van der Waals surface area (Å²) in [7, 11) is 0. The van der Waals surface area contributed by atoms with Crippen molar-refractivity contribution >= 4 is 17.5 Å². The van der Waals surface area contributed by atoms with E-state index in [1.54, 1.807) is 12.1 Å². The van der Waals surface area contributed by atoms with E-state index in [2.05, 4.69) is 23.0 Å². The first kappa shape index (κ1) is 31.1. The summed E-state index contributed by atoms with van der Waals surface area (Å²) < 4.78 is 0. The lowest BCUT2D eigenvalue weighted by Crippen LogP contribution is -2.24.